The Morgan fingerprint density at radius 3 is 3.07 bits per heavy atom. The van der Waals surface area contributed by atoms with Crippen molar-refractivity contribution in [2.75, 3.05) is 26.7 Å². The number of piperidine rings is 1. The van der Waals surface area contributed by atoms with E-state index in [2.05, 4.69) is 22.3 Å². The molecule has 2 rings (SSSR count). The number of nitrogens with one attached hydrogen (secondary N) is 1. The van der Waals surface area contributed by atoms with Crippen LogP contribution < -0.4 is 5.32 Å². The molecule has 1 saturated heterocycles. The van der Waals surface area contributed by atoms with Crippen molar-refractivity contribution in [1.82, 2.24) is 10.2 Å². The molecule has 0 bridgehead atoms. The summed E-state index contributed by atoms with van der Waals surface area (Å²) in [6.45, 7) is 3.34. The Morgan fingerprint density at radius 2 is 2.43 bits per heavy atom. The van der Waals surface area contributed by atoms with Crippen molar-refractivity contribution in [3.8, 4) is 0 Å². The lowest BCUT2D eigenvalue weighted by Gasteiger charge is -2.24. The third-order valence-electron chi connectivity index (χ3n) is 3.30. The fraction of sp³-hybridized carbons (Fsp3) is 0.909. The second-order valence-electron chi connectivity index (χ2n) is 4.41. The zero-order valence-electron chi connectivity index (χ0n) is 9.13. The standard InChI is InChI=1S/C11H21N3/c1-14-9-8-13-11(14)6-5-10-4-2-3-7-12-10/h10,12H,2-9H2,1H3. The van der Waals surface area contributed by atoms with Crippen LogP contribution in [0.15, 0.2) is 4.99 Å². The topological polar surface area (TPSA) is 27.6 Å². The van der Waals surface area contributed by atoms with E-state index in [0.717, 1.165) is 25.6 Å². The molecule has 0 saturated carbocycles. The summed E-state index contributed by atoms with van der Waals surface area (Å²) in [6, 6.07) is 0.750. The number of amidine groups is 1. The van der Waals surface area contributed by atoms with Crippen molar-refractivity contribution in [1.29, 1.82) is 0 Å². The lowest BCUT2D eigenvalue weighted by molar-refractivity contribution is 0.383. The Bertz CT molecular complexity index is 207. The first-order valence-corrected chi connectivity index (χ1v) is 5.84. The maximum atomic E-state index is 4.52. The molecule has 0 aromatic rings. The van der Waals surface area contributed by atoms with Crippen LogP contribution in [0.2, 0.25) is 0 Å². The summed E-state index contributed by atoms with van der Waals surface area (Å²) >= 11 is 0. The van der Waals surface area contributed by atoms with Gasteiger partial charge in [-0.05, 0) is 25.8 Å². The van der Waals surface area contributed by atoms with Crippen LogP contribution in [0.25, 0.3) is 0 Å². The van der Waals surface area contributed by atoms with E-state index in [-0.39, 0.29) is 0 Å². The van der Waals surface area contributed by atoms with Gasteiger partial charge in [0.1, 0.15) is 0 Å². The molecular formula is C11H21N3. The van der Waals surface area contributed by atoms with E-state index < -0.39 is 0 Å². The molecule has 0 spiro atoms. The maximum absolute atomic E-state index is 4.52. The summed E-state index contributed by atoms with van der Waals surface area (Å²) in [6.07, 6.45) is 6.55. The first-order chi connectivity index (χ1) is 6.86. The Morgan fingerprint density at radius 1 is 1.50 bits per heavy atom. The zero-order valence-corrected chi connectivity index (χ0v) is 9.13. The highest BCUT2D eigenvalue weighted by Crippen LogP contribution is 2.14. The van der Waals surface area contributed by atoms with Crippen LogP contribution in [0.5, 0.6) is 0 Å². The van der Waals surface area contributed by atoms with E-state index in [0.29, 0.717) is 0 Å². The maximum Gasteiger partial charge on any atom is 0.0988 e. The molecule has 0 radical (unpaired) electrons. The molecule has 2 aliphatic rings. The molecule has 0 aromatic carbocycles. The molecule has 3 nitrogen and oxygen atoms in total. The van der Waals surface area contributed by atoms with Gasteiger partial charge in [-0.25, -0.2) is 0 Å². The normalized spacial score (nSPS) is 27.9. The van der Waals surface area contributed by atoms with Gasteiger partial charge >= 0.3 is 0 Å². The van der Waals surface area contributed by atoms with Gasteiger partial charge in [0.25, 0.3) is 0 Å². The SMILES string of the molecule is CN1CCN=C1CCC1CCCCN1. The van der Waals surface area contributed by atoms with Crippen LogP contribution >= 0.6 is 0 Å². The van der Waals surface area contributed by atoms with Gasteiger partial charge in [0.15, 0.2) is 0 Å². The van der Waals surface area contributed by atoms with Crippen molar-refractivity contribution >= 4 is 5.84 Å². The molecule has 1 atom stereocenters. The number of hydrogen-bond donors (Lipinski definition) is 1. The van der Waals surface area contributed by atoms with Crippen molar-refractivity contribution in [3.05, 3.63) is 0 Å². The highest BCUT2D eigenvalue weighted by atomic mass is 15.2. The Labute approximate surface area is 86.6 Å². The number of likely N-dealkylation sites (N-methyl/N-ethyl adjacent to an activating group) is 1. The fourth-order valence-electron chi connectivity index (χ4n) is 2.32. The smallest absolute Gasteiger partial charge is 0.0988 e. The molecule has 3 heteroatoms. The lowest BCUT2D eigenvalue weighted by atomic mass is 10.0. The Balaban J connectivity index is 1.70. The average Bonchev–Trinajstić information content (AvgIpc) is 2.63. The van der Waals surface area contributed by atoms with Crippen LogP contribution in [0.1, 0.15) is 32.1 Å². The van der Waals surface area contributed by atoms with E-state index in [9.17, 15) is 0 Å². The first-order valence-electron chi connectivity index (χ1n) is 5.84. The second-order valence-corrected chi connectivity index (χ2v) is 4.41. The van der Waals surface area contributed by atoms with Gasteiger partial charge in [0.2, 0.25) is 0 Å². The van der Waals surface area contributed by atoms with Gasteiger partial charge in [-0.3, -0.25) is 4.99 Å². The third kappa shape index (κ3) is 2.47. The van der Waals surface area contributed by atoms with Crippen LogP contribution in [0, 0.1) is 0 Å². The minimum absolute atomic E-state index is 0.750. The quantitative estimate of drug-likeness (QED) is 0.734. The molecule has 0 aromatic heterocycles. The highest BCUT2D eigenvalue weighted by molar-refractivity contribution is 5.83. The summed E-state index contributed by atoms with van der Waals surface area (Å²) in [5.74, 6) is 1.32. The minimum atomic E-state index is 0.750. The number of aliphatic imine (C=N–C) groups is 1. The van der Waals surface area contributed by atoms with E-state index in [4.69, 9.17) is 0 Å². The zero-order chi connectivity index (χ0) is 9.80. The molecule has 2 heterocycles. The monoisotopic (exact) mass is 195 g/mol. The average molecular weight is 195 g/mol. The van der Waals surface area contributed by atoms with Crippen molar-refractivity contribution in [2.24, 2.45) is 4.99 Å². The van der Waals surface area contributed by atoms with Gasteiger partial charge in [-0.2, -0.15) is 0 Å². The van der Waals surface area contributed by atoms with Gasteiger partial charge in [0, 0.05) is 26.1 Å². The van der Waals surface area contributed by atoms with Crippen molar-refractivity contribution < 1.29 is 0 Å². The lowest BCUT2D eigenvalue weighted by Crippen LogP contribution is -2.35. The van der Waals surface area contributed by atoms with Gasteiger partial charge in [-0.1, -0.05) is 6.42 Å². The second kappa shape index (κ2) is 4.78. The van der Waals surface area contributed by atoms with Crippen LogP contribution in [-0.4, -0.2) is 43.5 Å². The van der Waals surface area contributed by atoms with Crippen LogP contribution in [-0.2, 0) is 0 Å². The van der Waals surface area contributed by atoms with E-state index in [1.54, 1.807) is 0 Å². The summed E-state index contributed by atoms with van der Waals surface area (Å²) in [7, 11) is 2.15. The van der Waals surface area contributed by atoms with Crippen LogP contribution in [0.4, 0.5) is 0 Å². The van der Waals surface area contributed by atoms with E-state index in [1.165, 1.54) is 38.1 Å². The molecule has 14 heavy (non-hydrogen) atoms. The molecule has 1 N–H and O–H groups in total. The molecular weight excluding hydrogens is 174 g/mol. The predicted molar refractivity (Wildman–Crippen MR) is 59.8 cm³/mol. The first kappa shape index (κ1) is 9.97. The van der Waals surface area contributed by atoms with E-state index in [1.807, 2.05) is 0 Å². The van der Waals surface area contributed by atoms with Gasteiger partial charge in [-0.15, -0.1) is 0 Å². The molecule has 2 aliphatic heterocycles. The fourth-order valence-corrected chi connectivity index (χ4v) is 2.32. The summed E-state index contributed by atoms with van der Waals surface area (Å²) in [5, 5.41) is 3.58. The molecule has 1 unspecified atom stereocenters. The van der Waals surface area contributed by atoms with E-state index >= 15 is 0 Å². The summed E-state index contributed by atoms with van der Waals surface area (Å²) < 4.78 is 0. The molecule has 0 amide bonds. The summed E-state index contributed by atoms with van der Waals surface area (Å²) in [5.41, 5.74) is 0. The summed E-state index contributed by atoms with van der Waals surface area (Å²) in [4.78, 5) is 6.81. The van der Waals surface area contributed by atoms with Crippen LogP contribution in [0.3, 0.4) is 0 Å². The molecule has 1 fully saturated rings. The van der Waals surface area contributed by atoms with Crippen molar-refractivity contribution in [2.45, 2.75) is 38.1 Å². The third-order valence-corrected chi connectivity index (χ3v) is 3.30. The van der Waals surface area contributed by atoms with Crippen molar-refractivity contribution in [3.63, 3.8) is 0 Å². The number of rotatable bonds is 3. The minimum Gasteiger partial charge on any atom is -0.362 e. The van der Waals surface area contributed by atoms with Gasteiger partial charge < -0.3 is 10.2 Å². The number of nitrogens with zero attached hydrogens (tertiary/aromatic N) is 2. The Kier molecular flexibility index (Phi) is 3.40. The highest BCUT2D eigenvalue weighted by Gasteiger charge is 2.16. The van der Waals surface area contributed by atoms with Gasteiger partial charge in [0.05, 0.1) is 12.4 Å². The molecule has 0 aliphatic carbocycles. The number of hydrogen-bond acceptors (Lipinski definition) is 3. The largest absolute Gasteiger partial charge is 0.362 e. The molecule has 80 valence electrons. The Hall–Kier alpha value is -0.570. The predicted octanol–water partition coefficient (Wildman–Crippen LogP) is 1.25.